The van der Waals surface area contributed by atoms with Gasteiger partial charge in [-0.1, -0.05) is 345 Å². The molecule has 24 heteroatoms. The maximum atomic E-state index is 15.4. The molecular formula is C90H132N5O18P. The largest absolute Gasteiger partial charge is 0.472 e. The van der Waals surface area contributed by atoms with Gasteiger partial charge >= 0.3 is 50.2 Å². The lowest BCUT2D eigenvalue weighted by molar-refractivity contribution is -0.218. The number of alkyl carbamates (subject to hydrolysis) is 5. The van der Waals surface area contributed by atoms with Gasteiger partial charge in [-0.3, -0.25) is 18.6 Å². The molecule has 5 aromatic rings. The third-order valence-corrected chi connectivity index (χ3v) is 21.7. The summed E-state index contributed by atoms with van der Waals surface area (Å²) in [6, 6.07) is 39.8. The number of nitrogens with one attached hydrogen (secondary N) is 5. The minimum Gasteiger partial charge on any atom is -0.462 e. The monoisotopic (exact) mass is 1600 g/mol. The lowest BCUT2D eigenvalue weighted by atomic mass is 9.84. The number of benzene rings is 5. The van der Waals surface area contributed by atoms with Gasteiger partial charge in [-0.2, -0.15) is 0 Å². The molecule has 1 saturated carbocycles. The molecule has 1 aliphatic rings. The van der Waals surface area contributed by atoms with Crippen molar-refractivity contribution in [3.05, 3.63) is 179 Å². The van der Waals surface area contributed by atoms with E-state index in [2.05, 4.69) is 40.4 Å². The van der Waals surface area contributed by atoms with E-state index in [9.17, 15) is 38.5 Å². The molecule has 6 N–H and O–H groups in total. The first-order valence-electron chi connectivity index (χ1n) is 42.3. The van der Waals surface area contributed by atoms with Gasteiger partial charge in [-0.15, -0.1) is 0 Å². The molecule has 0 aromatic heterocycles. The van der Waals surface area contributed by atoms with E-state index in [0.717, 1.165) is 57.8 Å². The van der Waals surface area contributed by atoms with E-state index in [1.165, 1.54) is 122 Å². The Kier molecular flexibility index (Phi) is 45.6. The Hall–Kier alpha value is -8.50. The Bertz CT molecular complexity index is 3400. The van der Waals surface area contributed by atoms with Gasteiger partial charge in [0, 0.05) is 12.8 Å². The van der Waals surface area contributed by atoms with E-state index in [-0.39, 0.29) is 12.8 Å². The van der Waals surface area contributed by atoms with Crippen LogP contribution in [-0.4, -0.2) is 103 Å². The van der Waals surface area contributed by atoms with Crippen LogP contribution in [0.15, 0.2) is 152 Å². The quantitative estimate of drug-likeness (QED) is 0.00912. The predicted octanol–water partition coefficient (Wildman–Crippen LogP) is 21.8. The number of unbranched alkanes of at least 4 members (excludes halogenated alkanes) is 28. The van der Waals surface area contributed by atoms with Crippen LogP contribution >= 0.6 is 7.82 Å². The van der Waals surface area contributed by atoms with Crippen molar-refractivity contribution in [3.8, 4) is 0 Å². The van der Waals surface area contributed by atoms with Crippen molar-refractivity contribution in [1.29, 1.82) is 0 Å². The highest BCUT2D eigenvalue weighted by Gasteiger charge is 2.62. The fraction of sp³-hybridized carbons (Fsp3) is 0.589. The summed E-state index contributed by atoms with van der Waals surface area (Å²) in [6.07, 6.45) is 12.4. The first kappa shape index (κ1) is 94.4. The van der Waals surface area contributed by atoms with E-state index in [4.69, 9.17) is 42.2 Å². The molecular weight excluding hydrogens is 1470 g/mol. The zero-order valence-electron chi connectivity index (χ0n) is 68.7. The zero-order valence-corrected chi connectivity index (χ0v) is 69.6. The minimum atomic E-state index is -5.85. The number of ether oxygens (including phenoxy) is 7. The molecule has 23 nitrogen and oxygen atoms in total. The highest BCUT2D eigenvalue weighted by atomic mass is 31.2. The van der Waals surface area contributed by atoms with Gasteiger partial charge in [0.05, 0.1) is 36.8 Å². The number of hydrogen-bond donors (Lipinski definition) is 6. The van der Waals surface area contributed by atoms with Crippen LogP contribution in [-0.2, 0) is 56.4 Å². The van der Waals surface area contributed by atoms with Crippen LogP contribution in [0.2, 0.25) is 0 Å². The number of carbonyl (C=O) groups excluding carboxylic acids is 7. The van der Waals surface area contributed by atoms with Crippen LogP contribution in [0.4, 0.5) is 24.0 Å². The summed E-state index contributed by atoms with van der Waals surface area (Å²) in [5.74, 6) is -1.29. The normalized spacial score (nSPS) is 18.0. The Morgan fingerprint density at radius 3 is 0.781 bits per heavy atom. The predicted molar refractivity (Wildman–Crippen MR) is 442 cm³/mol. The van der Waals surface area contributed by atoms with Crippen molar-refractivity contribution in [2.24, 2.45) is 0 Å². The average Bonchev–Trinajstić information content (AvgIpc) is 0.751. The van der Waals surface area contributed by atoms with Gasteiger partial charge < -0.3 is 64.6 Å². The van der Waals surface area contributed by atoms with Crippen LogP contribution in [0, 0.1) is 0 Å². The number of phosphoric acid groups is 1. The number of hydrogen-bond acceptors (Lipinski definition) is 17. The fourth-order valence-corrected chi connectivity index (χ4v) is 14.9. The fourth-order valence-electron chi connectivity index (χ4n) is 14.0. The molecule has 5 aromatic carbocycles. The highest BCUT2D eigenvalue weighted by molar-refractivity contribution is 7.47. The van der Waals surface area contributed by atoms with Gasteiger partial charge in [-0.25, -0.2) is 28.5 Å². The van der Waals surface area contributed by atoms with Crippen LogP contribution in [0.3, 0.4) is 0 Å². The van der Waals surface area contributed by atoms with Crippen molar-refractivity contribution in [2.45, 2.75) is 327 Å². The molecule has 1 fully saturated rings. The summed E-state index contributed by atoms with van der Waals surface area (Å²) in [4.78, 5) is 114. The molecule has 114 heavy (non-hydrogen) atoms. The standard InChI is InChI=1S/C90H132N5O18P/c1-8-10-12-14-16-18-20-22-24-26-28-30-32-34-51-63-78(96)105-65-77(107-79(97)64-52-35-33-31-29-27-25-23-21-19-17-15-13-11-9-2)66-106-114(103,104)113-85-83(111-89(101)94-70(6)75-59-47-39-48-60-75)81(109-87(99)92-68(4)73-55-43-37-44-56-73)80(108-86(98)91-67(3)72-53-41-36-42-54-72)82(110-88(100)93-69(5)74-57-45-38-46-58-74)84(85)112-90(102)95-71(7)76-61-49-40-50-62-76/h36-50,53-62,67-71,77,80-85H,8-35,51-52,63-66H2,1-7H3,(H,91,98)(H,92,99)(H,93,100)(H,94,101)(H,95,102)(H,103,104)/t67-,68-,69-,70-,71-,77-,80?,81-,82+,83-,84-,85?/m1/s1. The van der Waals surface area contributed by atoms with Crippen molar-refractivity contribution in [1.82, 2.24) is 26.6 Å². The van der Waals surface area contributed by atoms with Gasteiger partial charge in [0.1, 0.15) is 6.61 Å². The van der Waals surface area contributed by atoms with E-state index in [0.29, 0.717) is 40.7 Å². The Morgan fingerprint density at radius 2 is 0.535 bits per heavy atom. The van der Waals surface area contributed by atoms with Crippen LogP contribution < -0.4 is 26.6 Å². The summed E-state index contributed by atoms with van der Waals surface area (Å²) in [7, 11) is -5.85. The zero-order chi connectivity index (χ0) is 82.0. The molecule has 0 bridgehead atoms. The van der Waals surface area contributed by atoms with Crippen LogP contribution in [0.1, 0.15) is 312 Å². The van der Waals surface area contributed by atoms with Crippen molar-refractivity contribution < 1.29 is 85.2 Å². The Labute approximate surface area is 678 Å². The number of phosphoric ester groups is 1. The smallest absolute Gasteiger partial charge is 0.462 e. The second kappa shape index (κ2) is 55.1. The number of carbonyl (C=O) groups is 7. The second-order valence-electron chi connectivity index (χ2n) is 30.3. The third-order valence-electron chi connectivity index (χ3n) is 20.7. The number of rotatable bonds is 55. The van der Waals surface area contributed by atoms with E-state index in [1.54, 1.807) is 186 Å². The average molecular weight is 1600 g/mol. The number of amides is 5. The highest BCUT2D eigenvalue weighted by Crippen LogP contribution is 2.49. The van der Waals surface area contributed by atoms with Crippen molar-refractivity contribution in [2.75, 3.05) is 13.2 Å². The number of esters is 2. The molecule has 0 heterocycles. The van der Waals surface area contributed by atoms with Gasteiger partial charge in [0.25, 0.3) is 0 Å². The summed E-state index contributed by atoms with van der Waals surface area (Å²) in [5.41, 5.74) is 3.04. The summed E-state index contributed by atoms with van der Waals surface area (Å²) >= 11 is 0. The van der Waals surface area contributed by atoms with Crippen LogP contribution in [0.25, 0.3) is 0 Å². The molecule has 1 aliphatic carbocycles. The molecule has 3 unspecified atom stereocenters. The van der Waals surface area contributed by atoms with E-state index < -0.39 is 136 Å². The first-order chi connectivity index (χ1) is 55.2. The molecule has 13 atom stereocenters. The molecule has 0 radical (unpaired) electrons. The second-order valence-corrected chi connectivity index (χ2v) is 31.7. The van der Waals surface area contributed by atoms with Crippen molar-refractivity contribution in [3.63, 3.8) is 0 Å². The lowest BCUT2D eigenvalue weighted by Crippen LogP contribution is -2.70. The van der Waals surface area contributed by atoms with Gasteiger partial charge in [-0.05, 0) is 75.3 Å². The first-order valence-corrected chi connectivity index (χ1v) is 43.8. The molecule has 630 valence electrons. The summed E-state index contributed by atoms with van der Waals surface area (Å²) in [5, 5.41) is 13.7. The van der Waals surface area contributed by atoms with E-state index in [1.807, 2.05) is 0 Å². The van der Waals surface area contributed by atoms with Gasteiger partial charge in [0.15, 0.2) is 42.7 Å². The molecule has 6 rings (SSSR count). The molecule has 5 amide bonds. The van der Waals surface area contributed by atoms with Crippen LogP contribution in [0.5, 0.6) is 0 Å². The third kappa shape index (κ3) is 37.8. The maximum absolute atomic E-state index is 15.4. The summed E-state index contributed by atoms with van der Waals surface area (Å²) in [6.45, 7) is 11.2. The summed E-state index contributed by atoms with van der Waals surface area (Å²) < 4.78 is 70.6. The molecule has 0 spiro atoms. The SMILES string of the molecule is CCCCCCCCCCCCCCCCCC(=O)OC[C@H](COP(=O)(O)OC1[C@H](OC(=O)N[C@H](C)c2ccccc2)[C@H](OC(=O)N[C@H](C)c2ccccc2)C(OC(=O)N[C@H](C)c2ccccc2)[C@H](OC(=O)N[C@H](C)c2ccccc2)[C@H]1OC(=O)N[C@H](C)c1ccccc1)OC(=O)CCCCCCCCCCCCCCCCC. The van der Waals surface area contributed by atoms with Crippen molar-refractivity contribution >= 4 is 50.2 Å². The Balaban J connectivity index is 1.35. The maximum Gasteiger partial charge on any atom is 0.472 e. The Morgan fingerprint density at radius 1 is 0.316 bits per heavy atom. The van der Waals surface area contributed by atoms with E-state index >= 15 is 4.57 Å². The lowest BCUT2D eigenvalue weighted by Gasteiger charge is -2.47. The topological polar surface area (TPSA) is 300 Å². The minimum absolute atomic E-state index is 0.0320. The molecule has 0 saturated heterocycles. The van der Waals surface area contributed by atoms with Gasteiger partial charge in [0.2, 0.25) is 0 Å². The molecule has 0 aliphatic heterocycles.